The quantitative estimate of drug-likeness (QED) is 0.395. The minimum absolute atomic E-state index is 0.127. The Balaban J connectivity index is 1.18. The third kappa shape index (κ3) is 5.54. The number of thiocarbonyl (C=S) groups is 1. The zero-order chi connectivity index (χ0) is 24.2. The van der Waals surface area contributed by atoms with Gasteiger partial charge in [-0.15, -0.1) is 0 Å². The van der Waals surface area contributed by atoms with Gasteiger partial charge in [0.05, 0.1) is 0 Å². The third-order valence-electron chi connectivity index (χ3n) is 7.33. The number of nitrogens with one attached hydrogen (secondary N) is 1. The molecule has 0 unspecified atom stereocenters. The van der Waals surface area contributed by atoms with Gasteiger partial charge in [-0.2, -0.15) is 0 Å². The van der Waals surface area contributed by atoms with Crippen LogP contribution in [0.2, 0.25) is 0 Å². The predicted octanol–water partition coefficient (Wildman–Crippen LogP) is 6.24. The summed E-state index contributed by atoms with van der Waals surface area (Å²) in [5.41, 5.74) is 4.69. The molecular weight excluding hydrogens is 460 g/mol. The summed E-state index contributed by atoms with van der Waals surface area (Å²) >= 11 is 5.68. The fraction of sp³-hybridized carbons (Fsp3) is 0.345. The SMILES string of the molecule is Fc1ccc(C(CCCN2CCC(N3C(=S)NCc4ccccc43)CC2)c2ccc(F)cc2)cc1. The van der Waals surface area contributed by atoms with Gasteiger partial charge in [-0.25, -0.2) is 8.78 Å². The lowest BCUT2D eigenvalue weighted by Crippen LogP contribution is -2.53. The van der Waals surface area contributed by atoms with Crippen LogP contribution in [0.3, 0.4) is 0 Å². The molecule has 0 amide bonds. The number of halogens is 2. The molecule has 1 saturated heterocycles. The first-order chi connectivity index (χ1) is 17.1. The van der Waals surface area contributed by atoms with Gasteiger partial charge in [-0.1, -0.05) is 42.5 Å². The third-order valence-corrected chi connectivity index (χ3v) is 7.68. The van der Waals surface area contributed by atoms with E-state index in [1.54, 1.807) is 0 Å². The molecule has 2 aliphatic heterocycles. The Bertz CT molecular complexity index is 1100. The lowest BCUT2D eigenvalue weighted by atomic mass is 9.87. The number of fused-ring (bicyclic) bond motifs is 1. The summed E-state index contributed by atoms with van der Waals surface area (Å²) in [6.07, 6.45) is 4.12. The molecule has 6 heteroatoms. The van der Waals surface area contributed by atoms with Crippen molar-refractivity contribution in [2.75, 3.05) is 24.5 Å². The predicted molar refractivity (Wildman–Crippen MR) is 142 cm³/mol. The molecule has 0 saturated carbocycles. The zero-order valence-electron chi connectivity index (χ0n) is 19.8. The fourth-order valence-electron chi connectivity index (χ4n) is 5.46. The van der Waals surface area contributed by atoms with E-state index in [1.807, 2.05) is 24.3 Å². The highest BCUT2D eigenvalue weighted by atomic mass is 32.1. The fourth-order valence-corrected chi connectivity index (χ4v) is 5.78. The van der Waals surface area contributed by atoms with Crippen LogP contribution in [0.4, 0.5) is 14.5 Å². The highest BCUT2D eigenvalue weighted by Gasteiger charge is 2.30. The van der Waals surface area contributed by atoms with E-state index in [-0.39, 0.29) is 17.6 Å². The molecule has 0 aliphatic carbocycles. The first-order valence-corrected chi connectivity index (χ1v) is 12.9. The van der Waals surface area contributed by atoms with Crippen molar-refractivity contribution in [1.82, 2.24) is 10.2 Å². The number of hydrogen-bond acceptors (Lipinski definition) is 2. The summed E-state index contributed by atoms with van der Waals surface area (Å²) in [5.74, 6) is -0.344. The van der Waals surface area contributed by atoms with Gasteiger partial charge in [-0.05, 0) is 91.5 Å². The average Bonchev–Trinajstić information content (AvgIpc) is 2.89. The van der Waals surface area contributed by atoms with E-state index >= 15 is 0 Å². The van der Waals surface area contributed by atoms with Crippen LogP contribution < -0.4 is 10.2 Å². The van der Waals surface area contributed by atoms with E-state index in [9.17, 15) is 8.78 Å². The molecule has 0 radical (unpaired) electrons. The molecule has 3 nitrogen and oxygen atoms in total. The van der Waals surface area contributed by atoms with E-state index < -0.39 is 0 Å². The van der Waals surface area contributed by atoms with Crippen molar-refractivity contribution in [3.05, 3.63) is 101 Å². The van der Waals surface area contributed by atoms with Gasteiger partial charge in [0.1, 0.15) is 11.6 Å². The molecule has 3 aromatic carbocycles. The van der Waals surface area contributed by atoms with Gasteiger partial charge in [-0.3, -0.25) is 0 Å². The number of nitrogens with zero attached hydrogens (tertiary/aromatic N) is 2. The second kappa shape index (κ2) is 10.8. The van der Waals surface area contributed by atoms with Crippen molar-refractivity contribution in [2.24, 2.45) is 0 Å². The molecule has 35 heavy (non-hydrogen) atoms. The van der Waals surface area contributed by atoms with E-state index in [0.29, 0.717) is 6.04 Å². The van der Waals surface area contributed by atoms with Crippen LogP contribution in [0.25, 0.3) is 0 Å². The second-order valence-corrected chi connectivity index (χ2v) is 9.91. The highest BCUT2D eigenvalue weighted by molar-refractivity contribution is 7.80. The van der Waals surface area contributed by atoms with Crippen molar-refractivity contribution in [1.29, 1.82) is 0 Å². The van der Waals surface area contributed by atoms with Crippen molar-refractivity contribution in [3.8, 4) is 0 Å². The monoisotopic (exact) mass is 491 g/mol. The Morgan fingerprint density at radius 3 is 2.09 bits per heavy atom. The minimum atomic E-state index is -0.236. The Kier molecular flexibility index (Phi) is 7.40. The molecular formula is C29H31F2N3S. The van der Waals surface area contributed by atoms with Gasteiger partial charge in [0.15, 0.2) is 5.11 Å². The van der Waals surface area contributed by atoms with Crippen LogP contribution in [0.15, 0.2) is 72.8 Å². The lowest BCUT2D eigenvalue weighted by Gasteiger charge is -2.42. The second-order valence-electron chi connectivity index (χ2n) is 9.53. The van der Waals surface area contributed by atoms with Gasteiger partial charge in [0, 0.05) is 37.3 Å². The molecule has 0 aromatic heterocycles. The molecule has 2 aliphatic rings. The summed E-state index contributed by atoms with van der Waals surface area (Å²) in [7, 11) is 0. The van der Waals surface area contributed by atoms with Gasteiger partial charge in [0.2, 0.25) is 0 Å². The molecule has 0 spiro atoms. The maximum atomic E-state index is 13.5. The summed E-state index contributed by atoms with van der Waals surface area (Å²) in [4.78, 5) is 4.86. The lowest BCUT2D eigenvalue weighted by molar-refractivity contribution is 0.209. The normalized spacial score (nSPS) is 16.9. The zero-order valence-corrected chi connectivity index (χ0v) is 20.6. The molecule has 1 N–H and O–H groups in total. The first kappa shape index (κ1) is 23.9. The van der Waals surface area contributed by atoms with Crippen molar-refractivity contribution in [3.63, 3.8) is 0 Å². The molecule has 5 rings (SSSR count). The van der Waals surface area contributed by atoms with Crippen LogP contribution in [0.5, 0.6) is 0 Å². The number of likely N-dealkylation sites (tertiary alicyclic amines) is 1. The summed E-state index contributed by atoms with van der Waals surface area (Å²) in [6.45, 7) is 3.91. The molecule has 3 aromatic rings. The Hall–Kier alpha value is -2.83. The number of rotatable bonds is 7. The maximum Gasteiger partial charge on any atom is 0.174 e. The molecule has 1 fully saturated rings. The summed E-state index contributed by atoms with van der Waals surface area (Å²) in [6, 6.07) is 22.4. The molecule has 0 bridgehead atoms. The van der Waals surface area contributed by atoms with E-state index in [1.165, 1.54) is 35.5 Å². The van der Waals surface area contributed by atoms with Crippen LogP contribution in [-0.4, -0.2) is 35.7 Å². The molecule has 182 valence electrons. The molecule has 0 atom stereocenters. The van der Waals surface area contributed by atoms with Crippen LogP contribution in [0.1, 0.15) is 48.3 Å². The van der Waals surface area contributed by atoms with Gasteiger partial charge in [0.25, 0.3) is 0 Å². The van der Waals surface area contributed by atoms with Crippen LogP contribution in [-0.2, 0) is 6.54 Å². The van der Waals surface area contributed by atoms with Crippen LogP contribution in [0, 0.1) is 11.6 Å². The smallest absolute Gasteiger partial charge is 0.174 e. The minimum Gasteiger partial charge on any atom is -0.358 e. The van der Waals surface area contributed by atoms with E-state index in [0.717, 1.165) is 68.1 Å². The highest BCUT2D eigenvalue weighted by Crippen LogP contribution is 2.32. The largest absolute Gasteiger partial charge is 0.358 e. The number of para-hydroxylation sites is 1. The first-order valence-electron chi connectivity index (χ1n) is 12.5. The number of benzene rings is 3. The molecule has 2 heterocycles. The van der Waals surface area contributed by atoms with Crippen molar-refractivity contribution < 1.29 is 8.78 Å². The summed E-state index contributed by atoms with van der Waals surface area (Å²) < 4.78 is 27.0. The van der Waals surface area contributed by atoms with Gasteiger partial charge < -0.3 is 15.1 Å². The Morgan fingerprint density at radius 2 is 1.46 bits per heavy atom. The Labute approximate surface area is 211 Å². The summed E-state index contributed by atoms with van der Waals surface area (Å²) in [5, 5.41) is 4.22. The number of piperidine rings is 1. The average molecular weight is 492 g/mol. The van der Waals surface area contributed by atoms with Crippen LogP contribution >= 0.6 is 12.2 Å². The topological polar surface area (TPSA) is 18.5 Å². The Morgan fingerprint density at radius 1 is 0.857 bits per heavy atom. The number of hydrogen-bond donors (Lipinski definition) is 1. The van der Waals surface area contributed by atoms with E-state index in [2.05, 4.69) is 39.4 Å². The maximum absolute atomic E-state index is 13.5. The standard InChI is InChI=1S/C29H31F2N3S/c30-24-11-7-21(8-12-24)27(22-9-13-25(31)14-10-22)5-3-17-33-18-15-26(16-19-33)34-28-6-2-1-4-23(28)20-32-29(34)35/h1-2,4,6-14,26-27H,3,5,15-20H2,(H,32,35). The number of anilines is 1. The van der Waals surface area contributed by atoms with Gasteiger partial charge >= 0.3 is 0 Å². The van der Waals surface area contributed by atoms with E-state index in [4.69, 9.17) is 12.2 Å². The van der Waals surface area contributed by atoms with Crippen molar-refractivity contribution >= 4 is 23.0 Å². The van der Waals surface area contributed by atoms with Crippen molar-refractivity contribution in [2.45, 2.75) is 44.2 Å².